The molecule has 2 aliphatic carbocycles. The van der Waals surface area contributed by atoms with E-state index >= 15 is 0 Å². The molecule has 0 aromatic heterocycles. The Balaban J connectivity index is 1.33. The number of benzene rings is 1. The molecular weight excluding hydrogens is 490 g/mol. The Bertz CT molecular complexity index is 1100. The molecule has 2 saturated carbocycles. The smallest absolute Gasteiger partial charge is 0.246 e. The van der Waals surface area contributed by atoms with E-state index in [2.05, 4.69) is 17.6 Å². The van der Waals surface area contributed by atoms with Crippen molar-refractivity contribution in [2.75, 3.05) is 5.32 Å². The van der Waals surface area contributed by atoms with E-state index < -0.39 is 29.6 Å². The summed E-state index contributed by atoms with van der Waals surface area (Å²) >= 11 is 6.01. The second-order valence-electron chi connectivity index (χ2n) is 11.6. The molecule has 5 aliphatic rings. The lowest BCUT2D eigenvalue weighted by Crippen LogP contribution is -2.59. The third-order valence-electron chi connectivity index (χ3n) is 9.35. The summed E-state index contributed by atoms with van der Waals surface area (Å²) in [5.74, 6) is -1.63. The molecule has 4 fully saturated rings. The Kier molecular flexibility index (Phi) is 6.56. The lowest BCUT2D eigenvalue weighted by atomic mass is 9.74. The maximum absolute atomic E-state index is 14.3. The lowest BCUT2D eigenvalue weighted by Gasteiger charge is -2.42. The van der Waals surface area contributed by atoms with Crippen LogP contribution in [0.1, 0.15) is 64.7 Å². The van der Waals surface area contributed by atoms with Gasteiger partial charge in [0.15, 0.2) is 0 Å². The summed E-state index contributed by atoms with van der Waals surface area (Å²) < 4.78 is 6.51. The van der Waals surface area contributed by atoms with Gasteiger partial charge in [-0.1, -0.05) is 62.8 Å². The molecule has 2 N–H and O–H groups in total. The van der Waals surface area contributed by atoms with E-state index in [1.165, 1.54) is 6.42 Å². The number of rotatable bonds is 5. The molecule has 3 amide bonds. The molecule has 7 atom stereocenters. The molecule has 2 saturated heterocycles. The molecule has 3 aliphatic heterocycles. The van der Waals surface area contributed by atoms with E-state index in [4.69, 9.17) is 16.3 Å². The zero-order valence-electron chi connectivity index (χ0n) is 21.3. The van der Waals surface area contributed by atoms with Crippen LogP contribution in [0.5, 0.6) is 0 Å². The third-order valence-corrected chi connectivity index (χ3v) is 9.60. The fraction of sp³-hybridized carbons (Fsp3) is 0.621. The van der Waals surface area contributed by atoms with Crippen LogP contribution < -0.4 is 10.6 Å². The molecular formula is C29H36ClN3O4. The normalized spacial score (nSPS) is 37.0. The van der Waals surface area contributed by atoms with Crippen molar-refractivity contribution in [1.29, 1.82) is 0 Å². The summed E-state index contributed by atoms with van der Waals surface area (Å²) in [4.78, 5) is 43.7. The fourth-order valence-electron chi connectivity index (χ4n) is 7.56. The predicted molar refractivity (Wildman–Crippen MR) is 141 cm³/mol. The van der Waals surface area contributed by atoms with E-state index in [1.807, 2.05) is 17.1 Å². The summed E-state index contributed by atoms with van der Waals surface area (Å²) in [6, 6.07) is 6.26. The molecule has 1 aromatic rings. The molecule has 37 heavy (non-hydrogen) atoms. The average Bonchev–Trinajstić information content (AvgIpc) is 3.54. The number of nitrogens with one attached hydrogen (secondary N) is 2. The van der Waals surface area contributed by atoms with Gasteiger partial charge in [-0.2, -0.15) is 0 Å². The Morgan fingerprint density at radius 3 is 2.43 bits per heavy atom. The van der Waals surface area contributed by atoms with Crippen molar-refractivity contribution in [1.82, 2.24) is 10.2 Å². The largest absolute Gasteiger partial charge is 0.359 e. The van der Waals surface area contributed by atoms with Crippen molar-refractivity contribution in [2.24, 2.45) is 17.8 Å². The van der Waals surface area contributed by atoms with Crippen molar-refractivity contribution in [3.8, 4) is 0 Å². The van der Waals surface area contributed by atoms with Crippen LogP contribution in [0, 0.1) is 17.8 Å². The van der Waals surface area contributed by atoms with E-state index in [1.54, 1.807) is 24.3 Å². The van der Waals surface area contributed by atoms with Crippen LogP contribution in [0.15, 0.2) is 36.4 Å². The molecule has 1 aromatic carbocycles. The third kappa shape index (κ3) is 4.19. The maximum atomic E-state index is 14.3. The van der Waals surface area contributed by atoms with E-state index in [-0.39, 0.29) is 29.8 Å². The van der Waals surface area contributed by atoms with Crippen LogP contribution >= 0.6 is 11.6 Å². The molecule has 1 spiro atoms. The Morgan fingerprint density at radius 1 is 1.00 bits per heavy atom. The second-order valence-corrected chi connectivity index (χ2v) is 12.1. The van der Waals surface area contributed by atoms with Gasteiger partial charge in [0, 0.05) is 22.8 Å². The number of amides is 3. The number of carbonyl (C=O) groups is 3. The molecule has 7 nitrogen and oxygen atoms in total. The van der Waals surface area contributed by atoms with E-state index in [9.17, 15) is 14.4 Å². The van der Waals surface area contributed by atoms with E-state index in [0.29, 0.717) is 16.6 Å². The SMILES string of the molecule is CC1CCCCC1N1C(=O)C2C(C(=O)Nc3ccc(Cl)cc3)C3C=CC2(O3)C1C(=O)NC1CCCCC1. The van der Waals surface area contributed by atoms with Crippen molar-refractivity contribution in [2.45, 2.75) is 94.5 Å². The Hall–Kier alpha value is -2.38. The van der Waals surface area contributed by atoms with Gasteiger partial charge in [0.1, 0.15) is 11.6 Å². The van der Waals surface area contributed by atoms with Gasteiger partial charge in [0.2, 0.25) is 17.7 Å². The predicted octanol–water partition coefficient (Wildman–Crippen LogP) is 4.46. The molecule has 0 radical (unpaired) electrons. The summed E-state index contributed by atoms with van der Waals surface area (Å²) in [7, 11) is 0. The standard InChI is InChI=1S/C29H36ClN3O4/c1-17-7-5-6-10-21(17)33-25(27(35)32-19-8-3-2-4-9-19)29-16-15-22(37-29)23(24(29)28(33)36)26(34)31-20-13-11-18(30)12-14-20/h11-17,19,21-25H,2-10H2,1H3,(H,31,34)(H,32,35). The molecule has 6 rings (SSSR count). The number of nitrogens with zero attached hydrogens (tertiary/aromatic N) is 1. The first-order chi connectivity index (χ1) is 17.9. The van der Waals surface area contributed by atoms with Crippen LogP contribution in [0.3, 0.4) is 0 Å². The number of halogens is 1. The first kappa shape index (κ1) is 24.9. The lowest BCUT2D eigenvalue weighted by molar-refractivity contribution is -0.146. The van der Waals surface area contributed by atoms with Crippen LogP contribution in [-0.2, 0) is 19.1 Å². The number of anilines is 1. The number of ether oxygens (including phenoxy) is 1. The van der Waals surface area contributed by atoms with Crippen molar-refractivity contribution in [3.63, 3.8) is 0 Å². The van der Waals surface area contributed by atoms with Crippen LogP contribution in [0.25, 0.3) is 0 Å². The van der Waals surface area contributed by atoms with Gasteiger partial charge in [0.25, 0.3) is 0 Å². The van der Waals surface area contributed by atoms with Crippen molar-refractivity contribution >= 4 is 35.0 Å². The van der Waals surface area contributed by atoms with Gasteiger partial charge in [-0.15, -0.1) is 0 Å². The number of fused-ring (bicyclic) bond motifs is 1. The molecule has 8 heteroatoms. The maximum Gasteiger partial charge on any atom is 0.246 e. The Morgan fingerprint density at radius 2 is 1.70 bits per heavy atom. The quantitative estimate of drug-likeness (QED) is 0.556. The van der Waals surface area contributed by atoms with Crippen LogP contribution in [0.4, 0.5) is 5.69 Å². The zero-order valence-corrected chi connectivity index (χ0v) is 22.1. The summed E-state index contributed by atoms with van der Waals surface area (Å²) in [6.45, 7) is 2.18. The van der Waals surface area contributed by atoms with Crippen LogP contribution in [-0.4, -0.2) is 52.5 Å². The van der Waals surface area contributed by atoms with Gasteiger partial charge < -0.3 is 20.3 Å². The number of likely N-dealkylation sites (tertiary alicyclic amines) is 1. The average molecular weight is 526 g/mol. The number of hydrogen-bond acceptors (Lipinski definition) is 4. The molecule has 3 heterocycles. The van der Waals surface area contributed by atoms with Gasteiger partial charge >= 0.3 is 0 Å². The second kappa shape index (κ2) is 9.73. The Labute approximate surface area is 223 Å². The monoisotopic (exact) mass is 525 g/mol. The summed E-state index contributed by atoms with van der Waals surface area (Å²) in [6.07, 6.45) is 12.7. The molecule has 7 unspecified atom stereocenters. The van der Waals surface area contributed by atoms with Crippen molar-refractivity contribution in [3.05, 3.63) is 41.4 Å². The highest BCUT2D eigenvalue weighted by Crippen LogP contribution is 2.56. The highest BCUT2D eigenvalue weighted by molar-refractivity contribution is 6.30. The fourth-order valence-corrected chi connectivity index (χ4v) is 7.69. The van der Waals surface area contributed by atoms with Crippen molar-refractivity contribution < 1.29 is 19.1 Å². The van der Waals surface area contributed by atoms with Gasteiger partial charge in [0.05, 0.1) is 17.9 Å². The number of carbonyl (C=O) groups excluding carboxylic acids is 3. The number of hydrogen-bond donors (Lipinski definition) is 2. The summed E-state index contributed by atoms with van der Waals surface area (Å²) in [5, 5.41) is 6.82. The van der Waals surface area contributed by atoms with Gasteiger partial charge in [-0.3, -0.25) is 14.4 Å². The van der Waals surface area contributed by atoms with E-state index in [0.717, 1.165) is 51.4 Å². The minimum atomic E-state index is -1.11. The first-order valence-electron chi connectivity index (χ1n) is 14.0. The highest BCUT2D eigenvalue weighted by atomic mass is 35.5. The minimum Gasteiger partial charge on any atom is -0.359 e. The topological polar surface area (TPSA) is 87.7 Å². The first-order valence-corrected chi connectivity index (χ1v) is 14.3. The summed E-state index contributed by atoms with van der Waals surface area (Å²) in [5.41, 5.74) is -0.496. The zero-order chi connectivity index (χ0) is 25.7. The highest BCUT2D eigenvalue weighted by Gasteiger charge is 2.73. The van der Waals surface area contributed by atoms with Gasteiger partial charge in [-0.05, 0) is 55.9 Å². The van der Waals surface area contributed by atoms with Crippen LogP contribution in [0.2, 0.25) is 5.02 Å². The minimum absolute atomic E-state index is 0.0284. The molecule has 198 valence electrons. The molecule has 2 bridgehead atoms. The van der Waals surface area contributed by atoms with Gasteiger partial charge in [-0.25, -0.2) is 0 Å².